The smallest absolute Gasteiger partial charge is 0.220 e. The highest BCUT2D eigenvalue weighted by atomic mass is 16.2. The van der Waals surface area contributed by atoms with Crippen molar-refractivity contribution in [3.63, 3.8) is 0 Å². The van der Waals surface area contributed by atoms with E-state index < -0.39 is 0 Å². The molecule has 31 heavy (non-hydrogen) atoms. The summed E-state index contributed by atoms with van der Waals surface area (Å²) < 4.78 is 0. The van der Waals surface area contributed by atoms with Crippen molar-refractivity contribution in [3.8, 4) is 0 Å². The highest BCUT2D eigenvalue weighted by Crippen LogP contribution is 2.01. The van der Waals surface area contributed by atoms with Crippen LogP contribution in [0.4, 0.5) is 0 Å². The van der Waals surface area contributed by atoms with E-state index in [1.165, 1.54) is 24.8 Å². The molecule has 4 heteroatoms. The normalized spacial score (nSPS) is 9.29. The molecule has 1 amide bonds. The Bertz CT molecular complexity index is 599. The predicted molar refractivity (Wildman–Crippen MR) is 135 cm³/mol. The van der Waals surface area contributed by atoms with Crippen molar-refractivity contribution in [3.05, 3.63) is 71.8 Å². The van der Waals surface area contributed by atoms with E-state index in [2.05, 4.69) is 19.2 Å². The zero-order valence-corrected chi connectivity index (χ0v) is 19.0. The fourth-order valence-electron chi connectivity index (χ4n) is 2.57. The third kappa shape index (κ3) is 20.9. The van der Waals surface area contributed by atoms with Crippen molar-refractivity contribution in [2.75, 3.05) is 6.61 Å². The first-order chi connectivity index (χ1) is 14.7. The minimum absolute atomic E-state index is 0. The van der Waals surface area contributed by atoms with Crippen molar-refractivity contribution in [2.24, 2.45) is 5.73 Å². The Morgan fingerprint density at radius 2 is 1.32 bits per heavy atom. The number of aliphatic hydroxyl groups excluding tert-OH is 1. The number of benzene rings is 2. The van der Waals surface area contributed by atoms with Gasteiger partial charge in [-0.3, -0.25) is 4.79 Å². The number of aliphatic hydroxyl groups is 1. The van der Waals surface area contributed by atoms with Gasteiger partial charge < -0.3 is 16.2 Å². The quantitative estimate of drug-likeness (QED) is 0.370. The maximum Gasteiger partial charge on any atom is 0.220 e. The Labute approximate surface area is 191 Å². The summed E-state index contributed by atoms with van der Waals surface area (Å²) in [7, 11) is 0. The summed E-state index contributed by atoms with van der Waals surface area (Å²) in [6.45, 7) is 5.95. The molecule has 0 fully saturated rings. The van der Waals surface area contributed by atoms with Gasteiger partial charge in [0.15, 0.2) is 0 Å². The number of amides is 1. The Hall–Kier alpha value is -2.17. The second kappa shape index (κ2) is 24.1. The van der Waals surface area contributed by atoms with Crippen molar-refractivity contribution < 1.29 is 9.90 Å². The molecular formula is C27H46N2O2. The summed E-state index contributed by atoms with van der Waals surface area (Å²) in [5, 5.41) is 11.2. The van der Waals surface area contributed by atoms with Gasteiger partial charge in [-0.25, -0.2) is 0 Å². The molecule has 0 saturated heterocycles. The van der Waals surface area contributed by atoms with E-state index in [4.69, 9.17) is 10.8 Å². The minimum Gasteiger partial charge on any atom is -0.396 e. The van der Waals surface area contributed by atoms with E-state index in [1.54, 1.807) is 0 Å². The number of nitrogens with one attached hydrogen (secondary N) is 1. The summed E-state index contributed by atoms with van der Waals surface area (Å²) >= 11 is 0. The van der Waals surface area contributed by atoms with Crippen LogP contribution < -0.4 is 11.1 Å². The van der Waals surface area contributed by atoms with Crippen LogP contribution in [0.25, 0.3) is 0 Å². The number of hydrogen-bond acceptors (Lipinski definition) is 3. The number of nitrogens with two attached hydrogens (primary N) is 1. The zero-order chi connectivity index (χ0) is 22.3. The van der Waals surface area contributed by atoms with Gasteiger partial charge in [0.1, 0.15) is 0 Å². The van der Waals surface area contributed by atoms with Crippen LogP contribution >= 0.6 is 0 Å². The third-order valence-electron chi connectivity index (χ3n) is 4.43. The largest absolute Gasteiger partial charge is 0.396 e. The predicted octanol–water partition coefficient (Wildman–Crippen LogP) is 6.22. The molecule has 2 rings (SSSR count). The van der Waals surface area contributed by atoms with Crippen molar-refractivity contribution in [1.29, 1.82) is 0 Å². The minimum atomic E-state index is 0. The maximum atomic E-state index is 11.4. The maximum absolute atomic E-state index is 11.4. The van der Waals surface area contributed by atoms with Crippen LogP contribution in [0.1, 0.15) is 83.8 Å². The van der Waals surface area contributed by atoms with Crippen LogP contribution in [0, 0.1) is 0 Å². The van der Waals surface area contributed by atoms with Gasteiger partial charge in [-0.1, -0.05) is 114 Å². The molecule has 0 unspecified atom stereocenters. The van der Waals surface area contributed by atoms with Gasteiger partial charge in [0.2, 0.25) is 5.91 Å². The first kappa shape index (κ1) is 31.0. The highest BCUT2D eigenvalue weighted by molar-refractivity contribution is 5.75. The molecule has 0 atom stereocenters. The summed E-state index contributed by atoms with van der Waals surface area (Å²) in [5.74, 6) is 0.160. The van der Waals surface area contributed by atoms with E-state index in [9.17, 15) is 4.79 Å². The lowest BCUT2D eigenvalue weighted by Crippen LogP contribution is -2.22. The Balaban J connectivity index is 0. The SMILES string of the molecule is C.CCCCCC(=O)NCc1ccccc1.CCCCCCO.NCc1ccccc1. The monoisotopic (exact) mass is 430 g/mol. The molecule has 4 nitrogen and oxygen atoms in total. The van der Waals surface area contributed by atoms with E-state index >= 15 is 0 Å². The van der Waals surface area contributed by atoms with Gasteiger partial charge >= 0.3 is 0 Å². The average molecular weight is 431 g/mol. The van der Waals surface area contributed by atoms with Gasteiger partial charge in [0.25, 0.3) is 0 Å². The van der Waals surface area contributed by atoms with Crippen LogP contribution in [-0.2, 0) is 17.9 Å². The van der Waals surface area contributed by atoms with Crippen LogP contribution in [0.15, 0.2) is 60.7 Å². The van der Waals surface area contributed by atoms with Crippen molar-refractivity contribution in [2.45, 2.75) is 85.7 Å². The molecule has 0 spiro atoms. The number of rotatable bonds is 11. The molecule has 0 aliphatic carbocycles. The molecule has 0 heterocycles. The number of carbonyl (C=O) groups is 1. The summed E-state index contributed by atoms with van der Waals surface area (Å²) in [6.07, 6.45) is 8.63. The molecule has 2 aromatic rings. The molecule has 0 bridgehead atoms. The van der Waals surface area contributed by atoms with Gasteiger partial charge in [-0.15, -0.1) is 0 Å². The third-order valence-corrected chi connectivity index (χ3v) is 4.43. The van der Waals surface area contributed by atoms with Crippen molar-refractivity contribution in [1.82, 2.24) is 5.32 Å². The molecule has 0 aliphatic rings. The lowest BCUT2D eigenvalue weighted by atomic mass is 10.2. The average Bonchev–Trinajstić information content (AvgIpc) is 2.80. The molecule has 0 saturated carbocycles. The molecule has 0 aromatic heterocycles. The first-order valence-electron chi connectivity index (χ1n) is 11.3. The van der Waals surface area contributed by atoms with Crippen LogP contribution in [-0.4, -0.2) is 17.6 Å². The molecule has 0 aliphatic heterocycles. The lowest BCUT2D eigenvalue weighted by molar-refractivity contribution is -0.121. The molecular weight excluding hydrogens is 384 g/mol. The number of hydrogen-bond donors (Lipinski definition) is 3. The number of unbranched alkanes of at least 4 members (excludes halogenated alkanes) is 5. The second-order valence-corrected chi connectivity index (χ2v) is 7.19. The van der Waals surface area contributed by atoms with E-state index in [0.29, 0.717) is 26.1 Å². The van der Waals surface area contributed by atoms with Gasteiger partial charge in [-0.2, -0.15) is 0 Å². The fraction of sp³-hybridized carbons (Fsp3) is 0.519. The summed E-state index contributed by atoms with van der Waals surface area (Å²) in [4.78, 5) is 11.4. The molecule has 176 valence electrons. The second-order valence-electron chi connectivity index (χ2n) is 7.19. The summed E-state index contributed by atoms with van der Waals surface area (Å²) in [6, 6.07) is 20.0. The molecule has 0 radical (unpaired) electrons. The van der Waals surface area contributed by atoms with E-state index in [0.717, 1.165) is 31.2 Å². The van der Waals surface area contributed by atoms with Crippen LogP contribution in [0.5, 0.6) is 0 Å². The molecule has 4 N–H and O–H groups in total. The Kier molecular flexibility index (Phi) is 24.1. The summed E-state index contributed by atoms with van der Waals surface area (Å²) in [5.41, 5.74) is 7.69. The van der Waals surface area contributed by atoms with Crippen molar-refractivity contribution >= 4 is 5.91 Å². The van der Waals surface area contributed by atoms with Gasteiger partial charge in [-0.05, 0) is 24.0 Å². The lowest BCUT2D eigenvalue weighted by Gasteiger charge is -2.04. The van der Waals surface area contributed by atoms with Crippen LogP contribution in [0.3, 0.4) is 0 Å². The standard InChI is InChI=1S/C13H19NO.C7H9N.C6H14O.CH4/c1-2-3-5-10-13(15)14-11-12-8-6-4-7-9-12;8-6-7-4-2-1-3-5-7;1-2-3-4-5-6-7;/h4,6-9H,2-3,5,10-11H2,1H3,(H,14,15);1-5H,6,8H2;7H,2-6H2,1H3;1H4. The zero-order valence-electron chi connectivity index (χ0n) is 19.0. The van der Waals surface area contributed by atoms with E-state index in [1.807, 2.05) is 60.7 Å². The van der Waals surface area contributed by atoms with E-state index in [-0.39, 0.29) is 13.3 Å². The van der Waals surface area contributed by atoms with Crippen LogP contribution in [0.2, 0.25) is 0 Å². The highest BCUT2D eigenvalue weighted by Gasteiger charge is 1.99. The topological polar surface area (TPSA) is 75.3 Å². The van der Waals surface area contributed by atoms with Gasteiger partial charge in [0.05, 0.1) is 0 Å². The first-order valence-corrected chi connectivity index (χ1v) is 11.3. The Morgan fingerprint density at radius 1 is 0.806 bits per heavy atom. The molecule has 2 aromatic carbocycles. The fourth-order valence-corrected chi connectivity index (χ4v) is 2.57. The van der Waals surface area contributed by atoms with Gasteiger partial charge in [0, 0.05) is 26.1 Å². The Morgan fingerprint density at radius 3 is 1.77 bits per heavy atom. The number of carbonyl (C=O) groups excluding carboxylic acids is 1.